The lowest BCUT2D eigenvalue weighted by Gasteiger charge is -2.37. The fraction of sp³-hybridized carbons (Fsp3) is 0.407. The molecule has 1 amide bonds. The summed E-state index contributed by atoms with van der Waals surface area (Å²) in [4.78, 5) is 21.8. The van der Waals surface area contributed by atoms with Crippen molar-refractivity contribution >= 4 is 23.4 Å². The van der Waals surface area contributed by atoms with Crippen LogP contribution in [0.25, 0.3) is 11.5 Å². The molecule has 1 aliphatic heterocycles. The Morgan fingerprint density at radius 3 is 2.49 bits per heavy atom. The fourth-order valence-corrected chi connectivity index (χ4v) is 5.18. The number of nitrogens with zero attached hydrogens (tertiary/aromatic N) is 3. The van der Waals surface area contributed by atoms with Gasteiger partial charge in [0.15, 0.2) is 11.5 Å². The monoisotopic (exact) mass is 495 g/mol. The lowest BCUT2D eigenvalue weighted by atomic mass is 10.1. The van der Waals surface area contributed by atoms with Crippen molar-refractivity contribution in [1.29, 1.82) is 0 Å². The first-order valence-electron chi connectivity index (χ1n) is 11.8. The van der Waals surface area contributed by atoms with Gasteiger partial charge in [-0.1, -0.05) is 12.1 Å². The van der Waals surface area contributed by atoms with Gasteiger partial charge >= 0.3 is 0 Å². The van der Waals surface area contributed by atoms with Crippen LogP contribution in [-0.4, -0.2) is 61.9 Å². The van der Waals surface area contributed by atoms with Crippen molar-refractivity contribution in [3.63, 3.8) is 0 Å². The van der Waals surface area contributed by atoms with E-state index in [0.717, 1.165) is 43.2 Å². The van der Waals surface area contributed by atoms with Crippen LogP contribution in [0.2, 0.25) is 0 Å². The first-order chi connectivity index (χ1) is 16.9. The number of methoxy groups -OCH3 is 2. The lowest BCUT2D eigenvalue weighted by molar-refractivity contribution is -0.128. The zero-order chi connectivity index (χ0) is 24.9. The summed E-state index contributed by atoms with van der Waals surface area (Å²) in [5, 5.41) is 0. The number of rotatable bonds is 8. The number of amides is 1. The molecule has 0 N–H and O–H groups in total. The number of benzene rings is 2. The van der Waals surface area contributed by atoms with E-state index in [0.29, 0.717) is 28.9 Å². The number of ether oxygens (including phenoxy) is 2. The SMILES string of the molecule is COc1ccc(-c2nc(CSCC(=O)N3CCN(c4cccc(C)c4C)CC3)c(C)o2)cc1OC. The van der Waals surface area contributed by atoms with Crippen LogP contribution in [0.15, 0.2) is 40.8 Å². The van der Waals surface area contributed by atoms with E-state index in [2.05, 4.69) is 41.9 Å². The molecule has 3 aromatic rings. The van der Waals surface area contributed by atoms with Crippen molar-refractivity contribution in [3.05, 3.63) is 59.0 Å². The van der Waals surface area contributed by atoms with Gasteiger partial charge in [0.05, 0.1) is 25.7 Å². The Hall–Kier alpha value is -3.13. The second-order valence-corrected chi connectivity index (χ2v) is 9.66. The predicted molar refractivity (Wildman–Crippen MR) is 141 cm³/mol. The molecule has 0 spiro atoms. The Bertz CT molecular complexity index is 1190. The maximum atomic E-state index is 12.8. The number of piperazine rings is 1. The molecule has 0 aliphatic carbocycles. The van der Waals surface area contributed by atoms with Gasteiger partial charge in [0.2, 0.25) is 11.8 Å². The Kier molecular flexibility index (Phi) is 7.90. The minimum Gasteiger partial charge on any atom is -0.493 e. The van der Waals surface area contributed by atoms with Gasteiger partial charge in [-0.2, -0.15) is 0 Å². The van der Waals surface area contributed by atoms with Crippen LogP contribution in [0, 0.1) is 20.8 Å². The number of carbonyl (C=O) groups excluding carboxylic acids is 1. The van der Waals surface area contributed by atoms with Crippen LogP contribution >= 0.6 is 11.8 Å². The van der Waals surface area contributed by atoms with E-state index in [1.807, 2.05) is 30.0 Å². The topological polar surface area (TPSA) is 68.0 Å². The maximum Gasteiger partial charge on any atom is 0.232 e. The molecule has 0 saturated carbocycles. The third-order valence-corrected chi connectivity index (χ3v) is 7.47. The third-order valence-electron chi connectivity index (χ3n) is 6.54. The Morgan fingerprint density at radius 2 is 1.77 bits per heavy atom. The van der Waals surface area contributed by atoms with E-state index in [9.17, 15) is 4.79 Å². The van der Waals surface area contributed by atoms with Gasteiger partial charge in [-0.05, 0) is 56.2 Å². The van der Waals surface area contributed by atoms with Gasteiger partial charge in [0.25, 0.3) is 0 Å². The highest BCUT2D eigenvalue weighted by Gasteiger charge is 2.22. The second kappa shape index (κ2) is 11.1. The minimum atomic E-state index is 0.178. The summed E-state index contributed by atoms with van der Waals surface area (Å²) in [6, 6.07) is 12.0. The zero-order valence-corrected chi connectivity index (χ0v) is 21.9. The van der Waals surface area contributed by atoms with Crippen LogP contribution in [0.4, 0.5) is 5.69 Å². The van der Waals surface area contributed by atoms with Gasteiger partial charge < -0.3 is 23.7 Å². The maximum absolute atomic E-state index is 12.8. The van der Waals surface area contributed by atoms with Gasteiger partial charge in [-0.3, -0.25) is 4.79 Å². The summed E-state index contributed by atoms with van der Waals surface area (Å²) in [6.45, 7) is 9.43. The van der Waals surface area contributed by atoms with Crippen LogP contribution < -0.4 is 14.4 Å². The smallest absolute Gasteiger partial charge is 0.232 e. The number of hydrogen-bond acceptors (Lipinski definition) is 7. The number of carbonyl (C=O) groups is 1. The van der Waals surface area contributed by atoms with Gasteiger partial charge in [0, 0.05) is 43.2 Å². The number of anilines is 1. The summed E-state index contributed by atoms with van der Waals surface area (Å²) in [7, 11) is 3.21. The van der Waals surface area contributed by atoms with E-state index in [1.165, 1.54) is 16.8 Å². The molecule has 7 nitrogen and oxygen atoms in total. The van der Waals surface area contributed by atoms with E-state index in [4.69, 9.17) is 13.9 Å². The molecule has 4 rings (SSSR count). The first-order valence-corrected chi connectivity index (χ1v) is 12.9. The molecule has 0 unspecified atom stereocenters. The van der Waals surface area contributed by atoms with Crippen LogP contribution in [0.1, 0.15) is 22.6 Å². The van der Waals surface area contributed by atoms with E-state index >= 15 is 0 Å². The summed E-state index contributed by atoms with van der Waals surface area (Å²) in [6.07, 6.45) is 0. The van der Waals surface area contributed by atoms with Gasteiger partial charge in [0.1, 0.15) is 5.76 Å². The highest BCUT2D eigenvalue weighted by Crippen LogP contribution is 2.33. The van der Waals surface area contributed by atoms with Crippen molar-refractivity contribution in [2.24, 2.45) is 0 Å². The standard InChI is InChI=1S/C27H33N3O4S/c1-18-7-6-8-23(19(18)2)29-11-13-30(14-12-29)26(31)17-35-16-22-20(3)34-27(28-22)21-9-10-24(32-4)25(15-21)33-5/h6-10,15H,11-14,16-17H2,1-5H3. The Balaban J connectivity index is 1.29. The Morgan fingerprint density at radius 1 is 1.03 bits per heavy atom. The summed E-state index contributed by atoms with van der Waals surface area (Å²) >= 11 is 1.57. The molecule has 1 aliphatic rings. The van der Waals surface area contributed by atoms with Crippen molar-refractivity contribution in [1.82, 2.24) is 9.88 Å². The predicted octanol–water partition coefficient (Wildman–Crippen LogP) is 4.87. The highest BCUT2D eigenvalue weighted by atomic mass is 32.2. The van der Waals surface area contributed by atoms with Gasteiger partial charge in [-0.15, -0.1) is 11.8 Å². The zero-order valence-electron chi connectivity index (χ0n) is 21.1. The minimum absolute atomic E-state index is 0.178. The van der Waals surface area contributed by atoms with Crippen molar-refractivity contribution in [2.45, 2.75) is 26.5 Å². The van der Waals surface area contributed by atoms with Crippen molar-refractivity contribution in [3.8, 4) is 23.0 Å². The van der Waals surface area contributed by atoms with Crippen molar-refractivity contribution in [2.75, 3.05) is 51.1 Å². The average Bonchev–Trinajstić information content (AvgIpc) is 3.25. The molecular formula is C27H33N3O4S. The highest BCUT2D eigenvalue weighted by molar-refractivity contribution is 7.99. The quantitative estimate of drug-likeness (QED) is 0.442. The van der Waals surface area contributed by atoms with E-state index < -0.39 is 0 Å². The number of thioether (sulfide) groups is 1. The molecular weight excluding hydrogens is 462 g/mol. The number of aromatic nitrogens is 1. The molecule has 0 atom stereocenters. The molecule has 2 aromatic carbocycles. The largest absolute Gasteiger partial charge is 0.493 e. The molecule has 1 saturated heterocycles. The van der Waals surface area contributed by atoms with Crippen LogP contribution in [-0.2, 0) is 10.5 Å². The molecule has 1 fully saturated rings. The average molecular weight is 496 g/mol. The summed E-state index contributed by atoms with van der Waals surface area (Å²) < 4.78 is 16.6. The fourth-order valence-electron chi connectivity index (χ4n) is 4.26. The molecule has 0 bridgehead atoms. The molecule has 1 aromatic heterocycles. The van der Waals surface area contributed by atoms with E-state index in [1.54, 1.807) is 26.0 Å². The van der Waals surface area contributed by atoms with Crippen LogP contribution in [0.3, 0.4) is 0 Å². The number of hydrogen-bond donors (Lipinski definition) is 0. The van der Waals surface area contributed by atoms with E-state index in [-0.39, 0.29) is 5.91 Å². The molecule has 8 heteroatoms. The first kappa shape index (κ1) is 25.0. The van der Waals surface area contributed by atoms with Crippen LogP contribution in [0.5, 0.6) is 11.5 Å². The normalized spacial score (nSPS) is 13.7. The summed E-state index contributed by atoms with van der Waals surface area (Å²) in [5.41, 5.74) is 5.57. The number of aryl methyl sites for hydroxylation is 2. The third kappa shape index (κ3) is 5.59. The van der Waals surface area contributed by atoms with Crippen molar-refractivity contribution < 1.29 is 18.7 Å². The summed E-state index contributed by atoms with van der Waals surface area (Å²) in [5.74, 6) is 3.81. The molecule has 2 heterocycles. The Labute approximate surface area is 211 Å². The van der Waals surface area contributed by atoms with Gasteiger partial charge in [-0.25, -0.2) is 4.98 Å². The lowest BCUT2D eigenvalue weighted by Crippen LogP contribution is -2.49. The number of oxazole rings is 1. The molecule has 186 valence electrons. The molecule has 0 radical (unpaired) electrons. The molecule has 35 heavy (non-hydrogen) atoms. The second-order valence-electron chi connectivity index (χ2n) is 8.67.